The number of halogens is 6. The lowest BCUT2D eigenvalue weighted by atomic mass is 10.1. The van der Waals surface area contributed by atoms with E-state index in [0.717, 1.165) is 11.1 Å². The van der Waals surface area contributed by atoms with Gasteiger partial charge in [-0.25, -0.2) is 0 Å². The Hall–Kier alpha value is -4.34. The van der Waals surface area contributed by atoms with Crippen LogP contribution in [0, 0.1) is 0 Å². The SMILES string of the molecule is FC(F)(F)Nc1ccccc1Oc1ccc(-c2ccc(Oc3ccccc3NC(F)(F)F)cc2)cc1. The molecule has 4 rings (SSSR count). The minimum Gasteiger partial charge on any atom is -0.455 e. The molecule has 0 unspecified atom stereocenters. The largest absolute Gasteiger partial charge is 0.482 e. The average molecular weight is 504 g/mol. The van der Waals surface area contributed by atoms with Crippen molar-refractivity contribution in [3.63, 3.8) is 0 Å². The zero-order valence-electron chi connectivity index (χ0n) is 18.3. The number of nitrogens with one attached hydrogen (secondary N) is 2. The molecule has 0 saturated heterocycles. The van der Waals surface area contributed by atoms with E-state index in [1.54, 1.807) is 60.7 Å². The van der Waals surface area contributed by atoms with Gasteiger partial charge in [-0.15, -0.1) is 0 Å². The lowest BCUT2D eigenvalue weighted by molar-refractivity contribution is -0.101. The van der Waals surface area contributed by atoms with Gasteiger partial charge in [0.05, 0.1) is 11.4 Å². The van der Waals surface area contributed by atoms with Crippen molar-refractivity contribution < 1.29 is 35.8 Å². The lowest BCUT2D eigenvalue weighted by Crippen LogP contribution is -2.20. The van der Waals surface area contributed by atoms with Gasteiger partial charge in [-0.1, -0.05) is 48.5 Å². The third kappa shape index (κ3) is 6.84. The summed E-state index contributed by atoms with van der Waals surface area (Å²) >= 11 is 0. The molecule has 0 bridgehead atoms. The normalized spacial score (nSPS) is 11.6. The summed E-state index contributed by atoms with van der Waals surface area (Å²) in [7, 11) is 0. The van der Waals surface area contributed by atoms with Crippen molar-refractivity contribution in [1.82, 2.24) is 0 Å². The summed E-state index contributed by atoms with van der Waals surface area (Å²) in [6.07, 6.45) is -9.20. The van der Waals surface area contributed by atoms with Gasteiger partial charge in [-0.05, 0) is 59.7 Å². The maximum absolute atomic E-state index is 12.7. The molecule has 4 nitrogen and oxygen atoms in total. The van der Waals surface area contributed by atoms with E-state index in [2.05, 4.69) is 0 Å². The van der Waals surface area contributed by atoms with Crippen LogP contribution in [0.3, 0.4) is 0 Å². The number of alkyl halides is 6. The van der Waals surface area contributed by atoms with Gasteiger partial charge in [0.15, 0.2) is 11.5 Å². The van der Waals surface area contributed by atoms with Gasteiger partial charge in [0, 0.05) is 0 Å². The molecule has 186 valence electrons. The molecule has 0 spiro atoms. The second kappa shape index (κ2) is 10.1. The second-order valence-electron chi connectivity index (χ2n) is 7.49. The first-order chi connectivity index (χ1) is 17.1. The molecule has 4 aromatic rings. The van der Waals surface area contributed by atoms with Crippen LogP contribution < -0.4 is 20.1 Å². The fourth-order valence-electron chi connectivity index (χ4n) is 3.31. The van der Waals surface area contributed by atoms with Crippen LogP contribution >= 0.6 is 0 Å². The maximum atomic E-state index is 12.7. The van der Waals surface area contributed by atoms with Gasteiger partial charge in [0.25, 0.3) is 0 Å². The average Bonchev–Trinajstić information content (AvgIpc) is 2.81. The Kier molecular flexibility index (Phi) is 6.96. The number of benzene rings is 4. The molecule has 36 heavy (non-hydrogen) atoms. The standard InChI is InChI=1S/C26H18F6N2O2/c27-25(28,29)33-21-5-1-3-7-23(21)35-19-13-9-17(10-14-19)18-11-15-20(16-12-18)36-24-8-4-2-6-22(24)34-26(30,31)32/h1-16,33-34H. The summed E-state index contributed by atoms with van der Waals surface area (Å²) < 4.78 is 87.5. The third-order valence-corrected chi connectivity index (χ3v) is 4.82. The molecule has 2 N–H and O–H groups in total. The van der Waals surface area contributed by atoms with Gasteiger partial charge < -0.3 is 9.47 Å². The maximum Gasteiger partial charge on any atom is 0.482 e. The van der Waals surface area contributed by atoms with E-state index in [9.17, 15) is 26.3 Å². The van der Waals surface area contributed by atoms with Crippen LogP contribution in [0.1, 0.15) is 0 Å². The Morgan fingerprint density at radius 2 is 0.778 bits per heavy atom. The van der Waals surface area contributed by atoms with Gasteiger partial charge in [0.1, 0.15) is 11.5 Å². The van der Waals surface area contributed by atoms with E-state index in [-0.39, 0.29) is 22.9 Å². The highest BCUT2D eigenvalue weighted by Gasteiger charge is 2.29. The molecule has 10 heteroatoms. The van der Waals surface area contributed by atoms with Crippen LogP contribution in [-0.2, 0) is 0 Å². The van der Waals surface area contributed by atoms with E-state index < -0.39 is 12.6 Å². The van der Waals surface area contributed by atoms with Gasteiger partial charge in [-0.2, -0.15) is 26.3 Å². The number of para-hydroxylation sites is 4. The van der Waals surface area contributed by atoms with Crippen LogP contribution in [-0.4, -0.2) is 12.6 Å². The van der Waals surface area contributed by atoms with Crippen LogP contribution in [0.25, 0.3) is 11.1 Å². The van der Waals surface area contributed by atoms with E-state index in [1.165, 1.54) is 47.0 Å². The Labute approximate surface area is 202 Å². The minimum absolute atomic E-state index is 0.0179. The summed E-state index contributed by atoms with van der Waals surface area (Å²) in [5, 5.41) is 2.90. The Bertz CT molecular complexity index is 1200. The van der Waals surface area contributed by atoms with Crippen molar-refractivity contribution in [2.45, 2.75) is 12.6 Å². The molecule has 0 heterocycles. The fraction of sp³-hybridized carbons (Fsp3) is 0.0769. The summed E-state index contributed by atoms with van der Waals surface area (Å²) in [4.78, 5) is 0. The van der Waals surface area contributed by atoms with Crippen molar-refractivity contribution in [2.24, 2.45) is 0 Å². The van der Waals surface area contributed by atoms with Crippen molar-refractivity contribution in [2.75, 3.05) is 10.6 Å². The molecular weight excluding hydrogens is 486 g/mol. The Balaban J connectivity index is 1.45. The number of anilines is 2. The monoisotopic (exact) mass is 504 g/mol. The van der Waals surface area contributed by atoms with E-state index in [1.807, 2.05) is 0 Å². The summed E-state index contributed by atoms with van der Waals surface area (Å²) in [5.41, 5.74) is 1.15. The molecule has 0 aliphatic rings. The molecule has 0 aliphatic heterocycles. The van der Waals surface area contributed by atoms with Crippen LogP contribution in [0.5, 0.6) is 23.0 Å². The minimum atomic E-state index is -4.60. The molecule has 0 aromatic heterocycles. The number of rotatable bonds is 7. The summed E-state index contributed by atoms with van der Waals surface area (Å²) in [5.74, 6) is 0.710. The van der Waals surface area contributed by atoms with Crippen molar-refractivity contribution in [1.29, 1.82) is 0 Å². The Morgan fingerprint density at radius 3 is 1.11 bits per heavy atom. The zero-order chi connectivity index (χ0) is 25.8. The second-order valence-corrected chi connectivity index (χ2v) is 7.49. The zero-order valence-corrected chi connectivity index (χ0v) is 18.3. The van der Waals surface area contributed by atoms with Crippen molar-refractivity contribution >= 4 is 11.4 Å². The smallest absolute Gasteiger partial charge is 0.455 e. The van der Waals surface area contributed by atoms with E-state index in [4.69, 9.17) is 9.47 Å². The van der Waals surface area contributed by atoms with Gasteiger partial charge >= 0.3 is 12.6 Å². The summed E-state index contributed by atoms with van der Waals surface area (Å²) in [6, 6.07) is 24.8. The first kappa shape index (κ1) is 24.8. The van der Waals surface area contributed by atoms with E-state index >= 15 is 0 Å². The molecule has 0 radical (unpaired) electrons. The molecule has 0 atom stereocenters. The summed E-state index contributed by atoms with van der Waals surface area (Å²) in [6.45, 7) is 0. The predicted octanol–water partition coefficient (Wildman–Crippen LogP) is 8.80. The first-order valence-corrected chi connectivity index (χ1v) is 10.5. The molecule has 0 amide bonds. The van der Waals surface area contributed by atoms with Gasteiger partial charge in [-0.3, -0.25) is 10.6 Å². The molecule has 0 saturated carbocycles. The first-order valence-electron chi connectivity index (χ1n) is 10.5. The fourth-order valence-corrected chi connectivity index (χ4v) is 3.31. The van der Waals surface area contributed by atoms with Gasteiger partial charge in [0.2, 0.25) is 0 Å². The number of hydrogen-bond donors (Lipinski definition) is 2. The van der Waals surface area contributed by atoms with Crippen molar-refractivity contribution in [3.8, 4) is 34.1 Å². The van der Waals surface area contributed by atoms with Crippen LogP contribution in [0.4, 0.5) is 37.7 Å². The quantitative estimate of drug-likeness (QED) is 0.195. The van der Waals surface area contributed by atoms with Crippen LogP contribution in [0.2, 0.25) is 0 Å². The van der Waals surface area contributed by atoms with Crippen LogP contribution in [0.15, 0.2) is 97.1 Å². The molecule has 0 fully saturated rings. The highest BCUT2D eigenvalue weighted by molar-refractivity contribution is 5.66. The molecular formula is C26H18F6N2O2. The molecule has 0 aliphatic carbocycles. The van der Waals surface area contributed by atoms with Crippen molar-refractivity contribution in [3.05, 3.63) is 97.1 Å². The molecule has 4 aromatic carbocycles. The third-order valence-electron chi connectivity index (χ3n) is 4.82. The highest BCUT2D eigenvalue weighted by atomic mass is 19.4. The topological polar surface area (TPSA) is 42.5 Å². The Morgan fingerprint density at radius 1 is 0.444 bits per heavy atom. The number of ether oxygens (including phenoxy) is 2. The number of hydrogen-bond acceptors (Lipinski definition) is 4. The van der Waals surface area contributed by atoms with E-state index in [0.29, 0.717) is 11.5 Å². The lowest BCUT2D eigenvalue weighted by Gasteiger charge is -2.15. The highest BCUT2D eigenvalue weighted by Crippen LogP contribution is 2.35. The predicted molar refractivity (Wildman–Crippen MR) is 124 cm³/mol.